The molecule has 140 valence electrons. The topological polar surface area (TPSA) is 89.8 Å². The number of hydrogen-bond acceptors (Lipinski definition) is 4. The van der Waals surface area contributed by atoms with Crippen LogP contribution in [0.1, 0.15) is 15.9 Å². The van der Waals surface area contributed by atoms with Gasteiger partial charge in [-0.05, 0) is 21.5 Å². The molecule has 0 saturated heterocycles. The van der Waals surface area contributed by atoms with Gasteiger partial charge in [-0.3, -0.25) is 19.1 Å². The predicted octanol–water partition coefficient (Wildman–Crippen LogP) is 2.58. The zero-order valence-corrected chi connectivity index (χ0v) is 16.2. The van der Waals surface area contributed by atoms with Crippen molar-refractivity contribution in [3.05, 3.63) is 97.4 Å². The zero-order chi connectivity index (χ0) is 19.7. The number of Topliss-reactive ketones (excluding diaryl/α,β-unsaturated/α-hetero) is 1. The van der Waals surface area contributed by atoms with E-state index in [4.69, 9.17) is 0 Å². The number of carbonyl (C=O) groups excluding carboxylic acids is 1. The highest BCUT2D eigenvalue weighted by molar-refractivity contribution is 9.10. The summed E-state index contributed by atoms with van der Waals surface area (Å²) in [7, 11) is 0. The molecular weight excluding hydrogens is 424 g/mol. The van der Waals surface area contributed by atoms with Gasteiger partial charge in [-0.1, -0.05) is 60.7 Å². The summed E-state index contributed by atoms with van der Waals surface area (Å²) in [6.45, 7) is 0.177. The van der Waals surface area contributed by atoms with E-state index in [1.807, 2.05) is 36.4 Å². The molecule has 28 heavy (non-hydrogen) atoms. The molecule has 0 amide bonds. The summed E-state index contributed by atoms with van der Waals surface area (Å²) in [6, 6.07) is 18.2. The number of benzene rings is 2. The number of hydrogen-bond donors (Lipinski definition) is 1. The SMILES string of the molecule is O=C(Cn1c(Br)nc2c1c(=O)[nH]c(=O)n2Cc1ccccc1)c1ccccc1. The summed E-state index contributed by atoms with van der Waals surface area (Å²) in [4.78, 5) is 44.2. The molecule has 1 N–H and O–H groups in total. The number of H-pyrrole nitrogens is 1. The van der Waals surface area contributed by atoms with Gasteiger partial charge in [-0.15, -0.1) is 0 Å². The quantitative estimate of drug-likeness (QED) is 0.383. The lowest BCUT2D eigenvalue weighted by Gasteiger charge is -2.08. The van der Waals surface area contributed by atoms with E-state index < -0.39 is 11.2 Å². The van der Waals surface area contributed by atoms with E-state index in [-0.39, 0.29) is 30.0 Å². The first-order valence-electron chi connectivity index (χ1n) is 8.55. The summed E-state index contributed by atoms with van der Waals surface area (Å²) < 4.78 is 3.18. The van der Waals surface area contributed by atoms with Crippen LogP contribution in [0, 0.1) is 0 Å². The molecule has 2 aromatic heterocycles. The van der Waals surface area contributed by atoms with Crippen molar-refractivity contribution in [1.82, 2.24) is 19.1 Å². The highest BCUT2D eigenvalue weighted by Crippen LogP contribution is 2.18. The number of aromatic nitrogens is 4. The van der Waals surface area contributed by atoms with Crippen LogP contribution in [0.2, 0.25) is 0 Å². The fourth-order valence-corrected chi connectivity index (χ4v) is 3.53. The van der Waals surface area contributed by atoms with Crippen LogP contribution < -0.4 is 11.2 Å². The Morgan fingerprint density at radius 1 is 0.964 bits per heavy atom. The van der Waals surface area contributed by atoms with E-state index >= 15 is 0 Å². The van der Waals surface area contributed by atoms with E-state index in [9.17, 15) is 14.4 Å². The fraction of sp³-hybridized carbons (Fsp3) is 0.100. The molecule has 0 saturated carbocycles. The number of carbonyl (C=O) groups is 1. The van der Waals surface area contributed by atoms with Gasteiger partial charge in [0.05, 0.1) is 13.1 Å². The number of halogens is 1. The minimum Gasteiger partial charge on any atom is -0.305 e. The minimum atomic E-state index is -0.580. The lowest BCUT2D eigenvalue weighted by molar-refractivity contribution is 0.0972. The molecule has 0 spiro atoms. The molecule has 8 heteroatoms. The number of nitrogens with one attached hydrogen (secondary N) is 1. The normalized spacial score (nSPS) is 11.0. The van der Waals surface area contributed by atoms with Crippen molar-refractivity contribution in [1.29, 1.82) is 0 Å². The maximum atomic E-state index is 12.6. The van der Waals surface area contributed by atoms with Gasteiger partial charge in [0.2, 0.25) is 0 Å². The molecule has 0 unspecified atom stereocenters. The van der Waals surface area contributed by atoms with Crippen molar-refractivity contribution in [3.8, 4) is 0 Å². The third kappa shape index (κ3) is 3.34. The molecule has 0 fully saturated rings. The van der Waals surface area contributed by atoms with Crippen LogP contribution in [0.5, 0.6) is 0 Å². The molecule has 0 aliphatic carbocycles. The summed E-state index contributed by atoms with van der Waals surface area (Å²) in [6.07, 6.45) is 0. The largest absolute Gasteiger partial charge is 0.330 e. The predicted molar refractivity (Wildman–Crippen MR) is 109 cm³/mol. The Hall–Kier alpha value is -3.26. The third-order valence-electron chi connectivity index (χ3n) is 4.42. The van der Waals surface area contributed by atoms with Crippen molar-refractivity contribution in [2.45, 2.75) is 13.1 Å². The van der Waals surface area contributed by atoms with E-state index in [2.05, 4.69) is 25.9 Å². The van der Waals surface area contributed by atoms with Crippen LogP contribution in [0.3, 0.4) is 0 Å². The highest BCUT2D eigenvalue weighted by Gasteiger charge is 2.19. The summed E-state index contributed by atoms with van der Waals surface area (Å²) >= 11 is 3.32. The Morgan fingerprint density at radius 3 is 2.29 bits per heavy atom. The number of imidazole rings is 1. The van der Waals surface area contributed by atoms with Crippen LogP contribution in [-0.2, 0) is 13.1 Å². The van der Waals surface area contributed by atoms with Crippen LogP contribution >= 0.6 is 15.9 Å². The average molecular weight is 439 g/mol. The van der Waals surface area contributed by atoms with Gasteiger partial charge < -0.3 is 4.57 Å². The van der Waals surface area contributed by atoms with Gasteiger partial charge in [-0.25, -0.2) is 9.78 Å². The molecule has 7 nitrogen and oxygen atoms in total. The van der Waals surface area contributed by atoms with Gasteiger partial charge in [0.15, 0.2) is 21.7 Å². The van der Waals surface area contributed by atoms with Crippen molar-refractivity contribution >= 4 is 32.9 Å². The Balaban J connectivity index is 1.82. The highest BCUT2D eigenvalue weighted by atomic mass is 79.9. The Labute approximate surface area is 167 Å². The fourth-order valence-electron chi connectivity index (χ4n) is 3.06. The number of ketones is 1. The second-order valence-electron chi connectivity index (χ2n) is 6.26. The molecule has 4 rings (SSSR count). The molecule has 0 bridgehead atoms. The van der Waals surface area contributed by atoms with Crippen molar-refractivity contribution < 1.29 is 4.79 Å². The lowest BCUT2D eigenvalue weighted by atomic mass is 10.1. The molecule has 0 aliphatic heterocycles. The standard InChI is InChI=1S/C20H15BrN4O3/c21-19-22-17-16(24(19)12-15(26)14-9-5-2-6-10-14)18(27)23-20(28)25(17)11-13-7-3-1-4-8-13/h1-10H,11-12H2,(H,23,27,28). The number of fused-ring (bicyclic) bond motifs is 1. The van der Waals surface area contributed by atoms with Gasteiger partial charge >= 0.3 is 5.69 Å². The minimum absolute atomic E-state index is 0.0757. The smallest absolute Gasteiger partial charge is 0.305 e. The van der Waals surface area contributed by atoms with Gasteiger partial charge in [0, 0.05) is 5.56 Å². The van der Waals surface area contributed by atoms with Crippen LogP contribution in [0.15, 0.2) is 75.0 Å². The molecule has 2 aromatic carbocycles. The first-order chi connectivity index (χ1) is 13.5. The van der Waals surface area contributed by atoms with E-state index in [0.29, 0.717) is 10.3 Å². The van der Waals surface area contributed by atoms with Gasteiger partial charge in [0.25, 0.3) is 5.56 Å². The molecule has 0 radical (unpaired) electrons. The van der Waals surface area contributed by atoms with Crippen LogP contribution in [-0.4, -0.2) is 24.9 Å². The maximum absolute atomic E-state index is 12.6. The Kier molecular flexibility index (Phi) is 4.79. The monoisotopic (exact) mass is 438 g/mol. The second kappa shape index (κ2) is 7.40. The summed E-state index contributed by atoms with van der Waals surface area (Å²) in [5, 5.41) is 0. The van der Waals surface area contributed by atoms with E-state index in [1.165, 1.54) is 9.13 Å². The van der Waals surface area contributed by atoms with Crippen LogP contribution in [0.25, 0.3) is 11.2 Å². The number of nitrogens with zero attached hydrogens (tertiary/aromatic N) is 3. The van der Waals surface area contributed by atoms with E-state index in [1.54, 1.807) is 24.3 Å². The molecule has 2 heterocycles. The van der Waals surface area contributed by atoms with Crippen molar-refractivity contribution in [2.24, 2.45) is 0 Å². The van der Waals surface area contributed by atoms with Gasteiger partial charge in [-0.2, -0.15) is 0 Å². The van der Waals surface area contributed by atoms with Crippen LogP contribution in [0.4, 0.5) is 0 Å². The number of rotatable bonds is 5. The molecule has 4 aromatic rings. The molecule has 0 atom stereocenters. The van der Waals surface area contributed by atoms with Crippen molar-refractivity contribution in [3.63, 3.8) is 0 Å². The Morgan fingerprint density at radius 2 is 1.61 bits per heavy atom. The third-order valence-corrected chi connectivity index (χ3v) is 5.03. The maximum Gasteiger partial charge on any atom is 0.330 e. The molecular formula is C20H15BrN4O3. The lowest BCUT2D eigenvalue weighted by Crippen LogP contribution is -2.31. The zero-order valence-electron chi connectivity index (χ0n) is 14.6. The summed E-state index contributed by atoms with van der Waals surface area (Å²) in [5.74, 6) is -0.166. The van der Waals surface area contributed by atoms with E-state index in [0.717, 1.165) is 5.56 Å². The number of aromatic amines is 1. The first-order valence-corrected chi connectivity index (χ1v) is 9.35. The van der Waals surface area contributed by atoms with Gasteiger partial charge in [0.1, 0.15) is 0 Å². The van der Waals surface area contributed by atoms with Crippen molar-refractivity contribution in [2.75, 3.05) is 0 Å². The Bertz CT molecular complexity index is 1270. The summed E-state index contributed by atoms with van der Waals surface area (Å²) in [5.41, 5.74) is 0.697. The average Bonchev–Trinajstić information content (AvgIpc) is 3.03. The second-order valence-corrected chi connectivity index (χ2v) is 6.97. The first kappa shape index (κ1) is 18.1. The molecule has 0 aliphatic rings.